The van der Waals surface area contributed by atoms with Gasteiger partial charge in [-0.2, -0.15) is 0 Å². The van der Waals surface area contributed by atoms with Gasteiger partial charge in [-0.25, -0.2) is 4.79 Å². The topological polar surface area (TPSA) is 35.5 Å². The molecule has 0 radical (unpaired) electrons. The standard InChI is InChI=1S/C31H52O3/c1-7-19-33-29(32)34-24-15-17-30(5)23(20-24)11-12-25-27-14-13-26(22(4)10-8-9-21(2)3)31(27,6)18-16-28(25)30/h11,21-22,24-28H,7-10,12-20H2,1-6H3/t22-,24-,25+,26-,27+,28+,30-,31+/m0/s1. The molecule has 194 valence electrons. The molecule has 0 spiro atoms. The van der Waals surface area contributed by atoms with Crippen molar-refractivity contribution in [3.05, 3.63) is 11.6 Å². The summed E-state index contributed by atoms with van der Waals surface area (Å²) in [4.78, 5) is 12.0. The predicted molar refractivity (Wildman–Crippen MR) is 140 cm³/mol. The Labute approximate surface area is 209 Å². The molecule has 0 unspecified atom stereocenters. The minimum absolute atomic E-state index is 0.00311. The Hall–Kier alpha value is -0.990. The first-order valence-corrected chi connectivity index (χ1v) is 14.7. The summed E-state index contributed by atoms with van der Waals surface area (Å²) < 4.78 is 10.9. The van der Waals surface area contributed by atoms with Crippen molar-refractivity contribution in [2.75, 3.05) is 6.61 Å². The van der Waals surface area contributed by atoms with Gasteiger partial charge in [0.25, 0.3) is 0 Å². The molecule has 0 aromatic carbocycles. The van der Waals surface area contributed by atoms with E-state index in [1.165, 1.54) is 51.4 Å². The van der Waals surface area contributed by atoms with Crippen molar-refractivity contribution in [1.82, 2.24) is 0 Å². The minimum atomic E-state index is -0.474. The van der Waals surface area contributed by atoms with Crippen LogP contribution in [-0.2, 0) is 9.47 Å². The second-order valence-electron chi connectivity index (χ2n) is 13.4. The largest absolute Gasteiger partial charge is 0.508 e. The van der Waals surface area contributed by atoms with E-state index in [-0.39, 0.29) is 6.10 Å². The monoisotopic (exact) mass is 472 g/mol. The molecular weight excluding hydrogens is 420 g/mol. The van der Waals surface area contributed by atoms with Gasteiger partial charge in [0.15, 0.2) is 0 Å². The summed E-state index contributed by atoms with van der Waals surface area (Å²) >= 11 is 0. The molecule has 4 aliphatic carbocycles. The van der Waals surface area contributed by atoms with Crippen LogP contribution in [0.2, 0.25) is 0 Å². The van der Waals surface area contributed by atoms with E-state index in [0.29, 0.717) is 17.4 Å². The van der Waals surface area contributed by atoms with Gasteiger partial charge in [-0.05, 0) is 97.7 Å². The van der Waals surface area contributed by atoms with E-state index in [2.05, 4.69) is 40.7 Å². The van der Waals surface area contributed by atoms with Crippen molar-refractivity contribution >= 4 is 6.16 Å². The highest BCUT2D eigenvalue weighted by Crippen LogP contribution is 2.67. The lowest BCUT2D eigenvalue weighted by Gasteiger charge is -2.58. The first kappa shape index (κ1) is 26.1. The van der Waals surface area contributed by atoms with E-state index in [0.717, 1.165) is 61.2 Å². The lowest BCUT2D eigenvalue weighted by molar-refractivity contribution is -0.0616. The summed E-state index contributed by atoms with van der Waals surface area (Å²) in [6, 6.07) is 0. The van der Waals surface area contributed by atoms with Crippen LogP contribution < -0.4 is 0 Å². The Morgan fingerprint density at radius 3 is 2.59 bits per heavy atom. The molecule has 3 heteroatoms. The van der Waals surface area contributed by atoms with E-state index in [1.807, 2.05) is 6.92 Å². The SMILES string of the molecule is CCCOC(=O)O[C@H]1CC[C@@]2(C)C(=CC[C@@H]3[C@H]4CC[C@@H]([C@@H](C)CCCC(C)C)[C@@]4(C)CC[C@H]32)C1. The van der Waals surface area contributed by atoms with E-state index in [1.54, 1.807) is 5.57 Å². The molecule has 4 rings (SSSR count). The van der Waals surface area contributed by atoms with Crippen LogP contribution in [0.15, 0.2) is 11.6 Å². The van der Waals surface area contributed by atoms with Crippen LogP contribution in [0.4, 0.5) is 4.79 Å². The number of carbonyl (C=O) groups is 1. The third kappa shape index (κ3) is 4.96. The normalized spacial score (nSPS) is 40.1. The highest BCUT2D eigenvalue weighted by Gasteiger charge is 2.59. The predicted octanol–water partition coefficient (Wildman–Crippen LogP) is 8.96. The van der Waals surface area contributed by atoms with Crippen LogP contribution in [0.3, 0.4) is 0 Å². The maximum atomic E-state index is 12.0. The van der Waals surface area contributed by atoms with Crippen molar-refractivity contribution < 1.29 is 14.3 Å². The summed E-state index contributed by atoms with van der Waals surface area (Å²) in [6.07, 6.45) is 17.2. The fourth-order valence-corrected chi connectivity index (χ4v) is 9.11. The van der Waals surface area contributed by atoms with E-state index in [4.69, 9.17) is 9.47 Å². The third-order valence-corrected chi connectivity index (χ3v) is 10.9. The smallest absolute Gasteiger partial charge is 0.434 e. The van der Waals surface area contributed by atoms with Crippen LogP contribution in [0.5, 0.6) is 0 Å². The molecule has 0 amide bonds. The van der Waals surface area contributed by atoms with Crippen molar-refractivity contribution in [3.63, 3.8) is 0 Å². The first-order chi connectivity index (χ1) is 16.2. The average molecular weight is 473 g/mol. The Balaban J connectivity index is 1.41. The summed E-state index contributed by atoms with van der Waals surface area (Å²) in [5.74, 6) is 5.19. The molecule has 0 bridgehead atoms. The Morgan fingerprint density at radius 1 is 1.06 bits per heavy atom. The number of fused-ring (bicyclic) bond motifs is 5. The van der Waals surface area contributed by atoms with E-state index < -0.39 is 6.16 Å². The second-order valence-corrected chi connectivity index (χ2v) is 13.4. The summed E-state index contributed by atoms with van der Waals surface area (Å²) in [7, 11) is 0. The fourth-order valence-electron chi connectivity index (χ4n) is 9.11. The van der Waals surface area contributed by atoms with E-state index >= 15 is 0 Å². The zero-order chi connectivity index (χ0) is 24.5. The quantitative estimate of drug-likeness (QED) is 0.261. The van der Waals surface area contributed by atoms with Gasteiger partial charge in [-0.15, -0.1) is 0 Å². The summed E-state index contributed by atoms with van der Waals surface area (Å²) in [5.41, 5.74) is 2.43. The molecule has 0 N–H and O–H groups in total. The van der Waals surface area contributed by atoms with Crippen LogP contribution >= 0.6 is 0 Å². The highest BCUT2D eigenvalue weighted by molar-refractivity contribution is 5.60. The number of allylic oxidation sites excluding steroid dienone is 1. The number of hydrogen-bond donors (Lipinski definition) is 0. The Bertz CT molecular complexity index is 741. The van der Waals surface area contributed by atoms with Gasteiger partial charge in [0, 0.05) is 6.42 Å². The van der Waals surface area contributed by atoms with Gasteiger partial charge in [-0.1, -0.05) is 72.5 Å². The zero-order valence-electron chi connectivity index (χ0n) is 23.0. The highest BCUT2D eigenvalue weighted by atomic mass is 16.7. The van der Waals surface area contributed by atoms with Crippen LogP contribution in [0.1, 0.15) is 119 Å². The van der Waals surface area contributed by atoms with E-state index in [9.17, 15) is 4.79 Å². The van der Waals surface area contributed by atoms with Gasteiger partial charge < -0.3 is 9.47 Å². The second kappa shape index (κ2) is 10.6. The lowest BCUT2D eigenvalue weighted by atomic mass is 9.47. The maximum absolute atomic E-state index is 12.0. The third-order valence-electron chi connectivity index (χ3n) is 10.9. The van der Waals surface area contributed by atoms with Gasteiger partial charge in [0.05, 0.1) is 6.61 Å². The van der Waals surface area contributed by atoms with Crippen LogP contribution in [-0.4, -0.2) is 18.9 Å². The molecule has 34 heavy (non-hydrogen) atoms. The molecule has 4 aliphatic rings. The van der Waals surface area contributed by atoms with Crippen LogP contribution in [0, 0.1) is 46.3 Å². The van der Waals surface area contributed by atoms with Crippen molar-refractivity contribution in [2.24, 2.45) is 46.3 Å². The molecule has 0 heterocycles. The Morgan fingerprint density at radius 2 is 1.85 bits per heavy atom. The molecular formula is C31H52O3. The van der Waals surface area contributed by atoms with Crippen molar-refractivity contribution in [2.45, 2.75) is 125 Å². The lowest BCUT2D eigenvalue weighted by Crippen LogP contribution is -2.51. The molecule has 0 aromatic heterocycles. The number of hydrogen-bond acceptors (Lipinski definition) is 3. The van der Waals surface area contributed by atoms with Crippen molar-refractivity contribution in [1.29, 1.82) is 0 Å². The van der Waals surface area contributed by atoms with Gasteiger partial charge >= 0.3 is 6.16 Å². The maximum Gasteiger partial charge on any atom is 0.508 e. The molecule has 0 aliphatic heterocycles. The zero-order valence-corrected chi connectivity index (χ0v) is 23.0. The molecule has 3 saturated carbocycles. The molecule has 8 atom stereocenters. The molecule has 3 fully saturated rings. The molecule has 0 aromatic rings. The Kier molecular flexibility index (Phi) is 8.10. The van der Waals surface area contributed by atoms with Gasteiger partial charge in [-0.3, -0.25) is 0 Å². The summed E-state index contributed by atoms with van der Waals surface area (Å²) in [6.45, 7) is 15.0. The molecule has 0 saturated heterocycles. The van der Waals surface area contributed by atoms with Gasteiger partial charge in [0.1, 0.15) is 6.10 Å². The number of rotatable bonds is 8. The average Bonchev–Trinajstić information content (AvgIpc) is 3.15. The first-order valence-electron chi connectivity index (χ1n) is 14.7. The van der Waals surface area contributed by atoms with Crippen LogP contribution in [0.25, 0.3) is 0 Å². The number of ether oxygens (including phenoxy) is 2. The fraction of sp³-hybridized carbons (Fsp3) is 0.903. The van der Waals surface area contributed by atoms with Gasteiger partial charge in [0.2, 0.25) is 0 Å². The van der Waals surface area contributed by atoms with Crippen molar-refractivity contribution in [3.8, 4) is 0 Å². The minimum Gasteiger partial charge on any atom is -0.434 e. The molecule has 3 nitrogen and oxygen atoms in total. The summed E-state index contributed by atoms with van der Waals surface area (Å²) in [5, 5.41) is 0. The number of carbonyl (C=O) groups excluding carboxylic acids is 1.